The van der Waals surface area contributed by atoms with Gasteiger partial charge in [-0.15, -0.1) is 0 Å². The van der Waals surface area contributed by atoms with Crippen LogP contribution < -0.4 is 4.74 Å². The van der Waals surface area contributed by atoms with Gasteiger partial charge in [-0.3, -0.25) is 0 Å². The zero-order valence-corrected chi connectivity index (χ0v) is 10.2. The first-order chi connectivity index (χ1) is 6.77. The fourth-order valence-electron chi connectivity index (χ4n) is 0.956. The van der Waals surface area contributed by atoms with Crippen LogP contribution in [-0.4, -0.2) is 12.4 Å². The summed E-state index contributed by atoms with van der Waals surface area (Å²) in [5, 5.41) is 1.49. The number of benzene rings is 1. The van der Waals surface area contributed by atoms with E-state index in [1.807, 2.05) is 18.2 Å². The first kappa shape index (κ1) is 11.4. The van der Waals surface area contributed by atoms with E-state index in [0.29, 0.717) is 10.8 Å². The van der Waals surface area contributed by atoms with Gasteiger partial charge in [-0.2, -0.15) is 0 Å². The molecule has 0 aliphatic heterocycles. The maximum Gasteiger partial charge on any atom is 0.137 e. The largest absolute Gasteiger partial charge is 0.495 e. The molecule has 1 rings (SSSR count). The molecule has 74 valence electrons. The van der Waals surface area contributed by atoms with Crippen LogP contribution >= 0.6 is 27.5 Å². The number of ether oxygens (including phenoxy) is 1. The summed E-state index contributed by atoms with van der Waals surface area (Å²) in [6.07, 6.45) is 0.837. The fourth-order valence-corrected chi connectivity index (χ4v) is 1.41. The van der Waals surface area contributed by atoms with Gasteiger partial charge in [0.1, 0.15) is 5.75 Å². The van der Waals surface area contributed by atoms with Crippen molar-refractivity contribution in [2.24, 2.45) is 0 Å². The van der Waals surface area contributed by atoms with Crippen molar-refractivity contribution in [2.75, 3.05) is 12.4 Å². The van der Waals surface area contributed by atoms with Gasteiger partial charge >= 0.3 is 0 Å². The SMILES string of the molecule is COc1ccc(C#CCCBr)cc1Cl. The maximum atomic E-state index is 5.94. The predicted molar refractivity (Wildman–Crippen MR) is 63.3 cm³/mol. The third-order valence-electron chi connectivity index (χ3n) is 1.60. The van der Waals surface area contributed by atoms with Crippen molar-refractivity contribution in [1.29, 1.82) is 0 Å². The smallest absolute Gasteiger partial charge is 0.137 e. The van der Waals surface area contributed by atoms with Crippen LogP contribution in [-0.2, 0) is 0 Å². The Morgan fingerprint density at radius 2 is 2.29 bits per heavy atom. The summed E-state index contributed by atoms with van der Waals surface area (Å²) in [6.45, 7) is 0. The molecule has 0 aliphatic carbocycles. The number of rotatable bonds is 2. The van der Waals surface area contributed by atoms with Crippen LogP contribution in [0.1, 0.15) is 12.0 Å². The van der Waals surface area contributed by atoms with E-state index in [1.54, 1.807) is 7.11 Å². The molecule has 0 saturated carbocycles. The van der Waals surface area contributed by atoms with E-state index in [1.165, 1.54) is 0 Å². The molecule has 0 unspecified atom stereocenters. The van der Waals surface area contributed by atoms with Gasteiger partial charge in [0, 0.05) is 17.3 Å². The molecule has 0 bridgehead atoms. The van der Waals surface area contributed by atoms with Crippen LogP contribution in [0.2, 0.25) is 5.02 Å². The molecule has 0 aliphatic rings. The highest BCUT2D eigenvalue weighted by Gasteiger charge is 1.98. The summed E-state index contributed by atoms with van der Waals surface area (Å²) in [6, 6.07) is 5.52. The van der Waals surface area contributed by atoms with Crippen molar-refractivity contribution >= 4 is 27.5 Å². The van der Waals surface area contributed by atoms with Gasteiger partial charge in [0.25, 0.3) is 0 Å². The third kappa shape index (κ3) is 3.25. The molecule has 0 saturated heterocycles. The molecule has 0 atom stereocenters. The number of hydrogen-bond donors (Lipinski definition) is 0. The van der Waals surface area contributed by atoms with Crippen molar-refractivity contribution < 1.29 is 4.74 Å². The van der Waals surface area contributed by atoms with E-state index in [0.717, 1.165) is 17.3 Å². The second-order valence-corrected chi connectivity index (χ2v) is 3.79. The van der Waals surface area contributed by atoms with Gasteiger partial charge in [-0.1, -0.05) is 39.4 Å². The lowest BCUT2D eigenvalue weighted by molar-refractivity contribution is 0.415. The minimum Gasteiger partial charge on any atom is -0.495 e. The molecule has 1 aromatic carbocycles. The van der Waals surface area contributed by atoms with Gasteiger partial charge in [-0.25, -0.2) is 0 Å². The van der Waals surface area contributed by atoms with Gasteiger partial charge in [0.15, 0.2) is 0 Å². The normalized spacial score (nSPS) is 9.07. The van der Waals surface area contributed by atoms with Crippen molar-refractivity contribution in [3.05, 3.63) is 28.8 Å². The molecule has 0 radical (unpaired) electrons. The molecule has 0 spiro atoms. The van der Waals surface area contributed by atoms with Gasteiger partial charge in [-0.05, 0) is 18.2 Å². The van der Waals surface area contributed by atoms with Crippen molar-refractivity contribution in [3.63, 3.8) is 0 Å². The summed E-state index contributed by atoms with van der Waals surface area (Å²) in [5.41, 5.74) is 0.914. The van der Waals surface area contributed by atoms with E-state index in [2.05, 4.69) is 27.8 Å². The van der Waals surface area contributed by atoms with Crippen LogP contribution in [0.5, 0.6) is 5.75 Å². The van der Waals surface area contributed by atoms with Crippen molar-refractivity contribution in [3.8, 4) is 17.6 Å². The van der Waals surface area contributed by atoms with Crippen molar-refractivity contribution in [1.82, 2.24) is 0 Å². The number of halogens is 2. The first-order valence-corrected chi connectivity index (χ1v) is 5.66. The van der Waals surface area contributed by atoms with Crippen LogP contribution in [0.25, 0.3) is 0 Å². The lowest BCUT2D eigenvalue weighted by atomic mass is 10.2. The van der Waals surface area contributed by atoms with E-state index in [-0.39, 0.29) is 0 Å². The Balaban J connectivity index is 2.82. The summed E-state index contributed by atoms with van der Waals surface area (Å²) < 4.78 is 5.04. The third-order valence-corrected chi connectivity index (χ3v) is 2.30. The van der Waals surface area contributed by atoms with Gasteiger partial charge < -0.3 is 4.74 Å². The molecule has 1 aromatic rings. The molecular formula is C11H10BrClO. The molecule has 0 heterocycles. The molecule has 0 N–H and O–H groups in total. The minimum atomic E-state index is 0.596. The molecule has 14 heavy (non-hydrogen) atoms. The Morgan fingerprint density at radius 3 is 2.86 bits per heavy atom. The Kier molecular flexibility index (Phi) is 4.86. The molecule has 0 aromatic heterocycles. The Labute approximate surface area is 97.5 Å². The number of hydrogen-bond acceptors (Lipinski definition) is 1. The molecule has 0 amide bonds. The first-order valence-electron chi connectivity index (χ1n) is 4.16. The molecule has 1 nitrogen and oxygen atoms in total. The fraction of sp³-hybridized carbons (Fsp3) is 0.273. The average molecular weight is 274 g/mol. The second kappa shape index (κ2) is 5.95. The lowest BCUT2D eigenvalue weighted by Gasteiger charge is -2.01. The number of alkyl halides is 1. The zero-order chi connectivity index (χ0) is 10.4. The van der Waals surface area contributed by atoms with Gasteiger partial charge in [0.05, 0.1) is 12.1 Å². The summed E-state index contributed by atoms with van der Waals surface area (Å²) in [4.78, 5) is 0. The summed E-state index contributed by atoms with van der Waals surface area (Å²) in [5.74, 6) is 6.72. The van der Waals surface area contributed by atoms with Crippen LogP contribution in [0, 0.1) is 11.8 Å². The predicted octanol–water partition coefficient (Wildman–Crippen LogP) is 3.49. The average Bonchev–Trinajstić information content (AvgIpc) is 2.18. The second-order valence-electron chi connectivity index (χ2n) is 2.59. The van der Waals surface area contributed by atoms with Crippen LogP contribution in [0.4, 0.5) is 0 Å². The monoisotopic (exact) mass is 272 g/mol. The Bertz CT molecular complexity index is 365. The lowest BCUT2D eigenvalue weighted by Crippen LogP contribution is -1.84. The van der Waals surface area contributed by atoms with Crippen LogP contribution in [0.3, 0.4) is 0 Å². The number of methoxy groups -OCH3 is 1. The highest BCUT2D eigenvalue weighted by molar-refractivity contribution is 9.09. The molecule has 0 fully saturated rings. The Morgan fingerprint density at radius 1 is 1.50 bits per heavy atom. The summed E-state index contributed by atoms with van der Waals surface area (Å²) >= 11 is 9.25. The minimum absolute atomic E-state index is 0.596. The Hall–Kier alpha value is -0.650. The van der Waals surface area contributed by atoms with Gasteiger partial charge in [0.2, 0.25) is 0 Å². The highest BCUT2D eigenvalue weighted by atomic mass is 79.9. The standard InChI is InChI=1S/C11H10BrClO/c1-14-11-6-5-9(8-10(11)13)4-2-3-7-12/h5-6,8H,3,7H2,1H3. The highest BCUT2D eigenvalue weighted by Crippen LogP contribution is 2.24. The van der Waals surface area contributed by atoms with Crippen molar-refractivity contribution in [2.45, 2.75) is 6.42 Å². The summed E-state index contributed by atoms with van der Waals surface area (Å²) in [7, 11) is 1.59. The molecule has 3 heteroatoms. The topological polar surface area (TPSA) is 9.23 Å². The quantitative estimate of drug-likeness (QED) is 0.592. The van der Waals surface area contributed by atoms with E-state index >= 15 is 0 Å². The van der Waals surface area contributed by atoms with Crippen LogP contribution in [0.15, 0.2) is 18.2 Å². The van der Waals surface area contributed by atoms with E-state index < -0.39 is 0 Å². The zero-order valence-electron chi connectivity index (χ0n) is 7.81. The van der Waals surface area contributed by atoms with E-state index in [4.69, 9.17) is 16.3 Å². The molecular weight excluding hydrogens is 263 g/mol. The van der Waals surface area contributed by atoms with E-state index in [9.17, 15) is 0 Å². The maximum absolute atomic E-state index is 5.94.